The smallest absolute Gasteiger partial charge is 0.284 e. The summed E-state index contributed by atoms with van der Waals surface area (Å²) < 4.78 is 11.9. The Bertz CT molecular complexity index is 996. The first kappa shape index (κ1) is 20.8. The lowest BCUT2D eigenvalue weighted by Crippen LogP contribution is -2.38. The first-order valence-electron chi connectivity index (χ1n) is 10.1. The van der Waals surface area contributed by atoms with Gasteiger partial charge in [-0.25, -0.2) is 5.48 Å². The van der Waals surface area contributed by atoms with Gasteiger partial charge in [0.25, 0.3) is 5.91 Å². The van der Waals surface area contributed by atoms with E-state index in [0.29, 0.717) is 10.9 Å². The summed E-state index contributed by atoms with van der Waals surface area (Å²) in [4.78, 5) is 14.7. The lowest BCUT2D eigenvalue weighted by molar-refractivity contribution is 0.0277. The number of amides is 1. The van der Waals surface area contributed by atoms with Crippen LogP contribution in [-0.4, -0.2) is 42.4 Å². The number of fused-ring (bicyclic) bond motifs is 1. The average molecular weight is 427 g/mol. The zero-order valence-corrected chi connectivity index (χ0v) is 17.8. The SMILES string of the molecule is COc1ccc(CN(Cc2ccc3cc(C(=O)NO)sc3c2)C2CCOCC2)cc1. The van der Waals surface area contributed by atoms with E-state index in [0.717, 1.165) is 55.0 Å². The number of methoxy groups -OCH3 is 1. The topological polar surface area (TPSA) is 71.0 Å². The second-order valence-electron chi connectivity index (χ2n) is 7.52. The Morgan fingerprint density at radius 3 is 2.53 bits per heavy atom. The number of hydroxylamine groups is 1. The molecule has 0 bridgehead atoms. The van der Waals surface area contributed by atoms with Gasteiger partial charge in [0.1, 0.15) is 5.75 Å². The Morgan fingerprint density at radius 1 is 1.13 bits per heavy atom. The lowest BCUT2D eigenvalue weighted by Gasteiger charge is -2.34. The van der Waals surface area contributed by atoms with Gasteiger partial charge in [0.2, 0.25) is 0 Å². The first-order valence-corrected chi connectivity index (χ1v) is 10.9. The highest BCUT2D eigenvalue weighted by Gasteiger charge is 2.22. The summed E-state index contributed by atoms with van der Waals surface area (Å²) in [7, 11) is 1.68. The molecule has 1 saturated heterocycles. The second kappa shape index (κ2) is 9.57. The number of carbonyl (C=O) groups is 1. The van der Waals surface area contributed by atoms with Gasteiger partial charge < -0.3 is 9.47 Å². The summed E-state index contributed by atoms with van der Waals surface area (Å²) in [5.74, 6) is 0.392. The predicted molar refractivity (Wildman–Crippen MR) is 117 cm³/mol. The van der Waals surface area contributed by atoms with Crippen molar-refractivity contribution in [3.8, 4) is 5.75 Å². The molecule has 7 heteroatoms. The largest absolute Gasteiger partial charge is 0.497 e. The molecule has 1 fully saturated rings. The first-order chi connectivity index (χ1) is 14.7. The maximum Gasteiger partial charge on any atom is 0.284 e. The van der Waals surface area contributed by atoms with Crippen LogP contribution in [0.3, 0.4) is 0 Å². The molecule has 6 nitrogen and oxygen atoms in total. The number of benzene rings is 2. The average Bonchev–Trinajstić information content (AvgIpc) is 3.22. The van der Waals surface area contributed by atoms with Crippen molar-refractivity contribution in [1.29, 1.82) is 0 Å². The van der Waals surface area contributed by atoms with E-state index in [1.165, 1.54) is 22.5 Å². The molecule has 158 valence electrons. The van der Waals surface area contributed by atoms with Crippen LogP contribution in [0.25, 0.3) is 10.1 Å². The number of thiophene rings is 1. The molecule has 0 saturated carbocycles. The van der Waals surface area contributed by atoms with Gasteiger partial charge in [-0.1, -0.05) is 24.3 Å². The molecule has 0 radical (unpaired) electrons. The minimum absolute atomic E-state index is 0.468. The lowest BCUT2D eigenvalue weighted by atomic mass is 10.0. The minimum Gasteiger partial charge on any atom is -0.497 e. The number of hydrogen-bond donors (Lipinski definition) is 2. The summed E-state index contributed by atoms with van der Waals surface area (Å²) in [5.41, 5.74) is 4.17. The van der Waals surface area contributed by atoms with E-state index in [1.54, 1.807) is 12.6 Å². The highest BCUT2D eigenvalue weighted by Crippen LogP contribution is 2.28. The maximum atomic E-state index is 11.7. The third kappa shape index (κ3) is 4.82. The van der Waals surface area contributed by atoms with Gasteiger partial charge in [-0.3, -0.25) is 14.9 Å². The van der Waals surface area contributed by atoms with Gasteiger partial charge in [0.15, 0.2) is 0 Å². The van der Waals surface area contributed by atoms with Crippen molar-refractivity contribution in [2.45, 2.75) is 32.0 Å². The van der Waals surface area contributed by atoms with Crippen molar-refractivity contribution < 1.29 is 19.5 Å². The Morgan fingerprint density at radius 2 is 1.83 bits per heavy atom. The van der Waals surface area contributed by atoms with E-state index >= 15 is 0 Å². The quantitative estimate of drug-likeness (QED) is 0.437. The van der Waals surface area contributed by atoms with Gasteiger partial charge in [0, 0.05) is 37.0 Å². The fraction of sp³-hybridized carbons (Fsp3) is 0.348. The van der Waals surface area contributed by atoms with Crippen molar-refractivity contribution >= 4 is 27.3 Å². The molecule has 1 amide bonds. The molecule has 1 aliphatic rings. The standard InChI is InChI=1S/C23H26N2O4S/c1-28-20-6-3-16(4-7-20)14-25(19-8-10-29-11-9-19)15-17-2-5-18-13-22(23(26)24-27)30-21(18)12-17/h2-7,12-13,19,27H,8-11,14-15H2,1H3,(H,24,26). The highest BCUT2D eigenvalue weighted by atomic mass is 32.1. The van der Waals surface area contributed by atoms with Crippen LogP contribution in [0.4, 0.5) is 0 Å². The number of hydrogen-bond acceptors (Lipinski definition) is 6. The Kier molecular flexibility index (Phi) is 6.64. The monoisotopic (exact) mass is 426 g/mol. The molecular weight excluding hydrogens is 400 g/mol. The van der Waals surface area contributed by atoms with Gasteiger partial charge in [0.05, 0.1) is 12.0 Å². The van der Waals surface area contributed by atoms with Crippen molar-refractivity contribution in [2.24, 2.45) is 0 Å². The Balaban J connectivity index is 1.56. The van der Waals surface area contributed by atoms with Crippen molar-refractivity contribution in [3.05, 3.63) is 64.5 Å². The molecule has 2 aromatic carbocycles. The number of carbonyl (C=O) groups excluding carboxylic acids is 1. The molecule has 0 aliphatic carbocycles. The van der Waals surface area contributed by atoms with Crippen LogP contribution in [0.1, 0.15) is 33.6 Å². The normalized spacial score (nSPS) is 14.9. The fourth-order valence-electron chi connectivity index (χ4n) is 3.91. The summed E-state index contributed by atoms with van der Waals surface area (Å²) in [6, 6.07) is 16.8. The second-order valence-corrected chi connectivity index (χ2v) is 8.60. The predicted octanol–water partition coefficient (Wildman–Crippen LogP) is 4.21. The molecule has 1 aliphatic heterocycles. The van der Waals surface area contributed by atoms with Gasteiger partial charge >= 0.3 is 0 Å². The van der Waals surface area contributed by atoms with Crippen molar-refractivity contribution in [2.75, 3.05) is 20.3 Å². The summed E-state index contributed by atoms with van der Waals surface area (Å²) >= 11 is 1.39. The van der Waals surface area contributed by atoms with Crippen LogP contribution in [0, 0.1) is 0 Å². The Labute approximate surface area is 180 Å². The molecule has 2 heterocycles. The van der Waals surface area contributed by atoms with Gasteiger partial charge in [-0.2, -0.15) is 0 Å². The number of nitrogens with one attached hydrogen (secondary N) is 1. The van der Waals surface area contributed by atoms with Gasteiger partial charge in [-0.15, -0.1) is 11.3 Å². The number of nitrogens with zero attached hydrogens (tertiary/aromatic N) is 1. The maximum absolute atomic E-state index is 11.7. The third-order valence-corrected chi connectivity index (χ3v) is 6.64. The van der Waals surface area contributed by atoms with E-state index in [-0.39, 0.29) is 0 Å². The molecule has 4 rings (SSSR count). The zero-order valence-electron chi connectivity index (χ0n) is 17.0. The Hall–Kier alpha value is -2.45. The summed E-state index contributed by atoms with van der Waals surface area (Å²) in [6.07, 6.45) is 2.05. The van der Waals surface area contributed by atoms with Crippen LogP contribution >= 0.6 is 11.3 Å². The zero-order chi connectivity index (χ0) is 20.9. The van der Waals surface area contributed by atoms with E-state index in [1.807, 2.05) is 24.3 Å². The van der Waals surface area contributed by atoms with Crippen molar-refractivity contribution in [3.63, 3.8) is 0 Å². The summed E-state index contributed by atoms with van der Waals surface area (Å²) in [6.45, 7) is 3.28. The highest BCUT2D eigenvalue weighted by molar-refractivity contribution is 7.20. The number of rotatable bonds is 7. The molecule has 0 unspecified atom stereocenters. The van der Waals surface area contributed by atoms with Crippen LogP contribution in [0.5, 0.6) is 5.75 Å². The molecule has 0 spiro atoms. The minimum atomic E-state index is -0.471. The van der Waals surface area contributed by atoms with Crippen LogP contribution in [0.15, 0.2) is 48.5 Å². The van der Waals surface area contributed by atoms with Crippen LogP contribution < -0.4 is 10.2 Å². The van der Waals surface area contributed by atoms with Gasteiger partial charge in [-0.05, 0) is 53.6 Å². The van der Waals surface area contributed by atoms with Crippen LogP contribution in [0.2, 0.25) is 0 Å². The van der Waals surface area contributed by atoms with Crippen molar-refractivity contribution in [1.82, 2.24) is 10.4 Å². The fourth-order valence-corrected chi connectivity index (χ4v) is 4.92. The summed E-state index contributed by atoms with van der Waals surface area (Å²) in [5, 5.41) is 9.90. The molecule has 0 atom stereocenters. The van der Waals surface area contributed by atoms with Crippen LogP contribution in [-0.2, 0) is 17.8 Å². The third-order valence-electron chi connectivity index (χ3n) is 5.55. The molecule has 3 aromatic rings. The van der Waals surface area contributed by atoms with E-state index in [9.17, 15) is 4.79 Å². The molecule has 1 aromatic heterocycles. The van der Waals surface area contributed by atoms with E-state index in [4.69, 9.17) is 14.7 Å². The van der Waals surface area contributed by atoms with E-state index < -0.39 is 5.91 Å². The van der Waals surface area contributed by atoms with E-state index in [2.05, 4.69) is 29.2 Å². The molecule has 2 N–H and O–H groups in total. The molecular formula is C23H26N2O4S. The number of ether oxygens (including phenoxy) is 2. The molecule has 30 heavy (non-hydrogen) atoms.